The molecule has 1 aromatic carbocycles. The van der Waals surface area contributed by atoms with Crippen LogP contribution in [-0.4, -0.2) is 22.1 Å². The maximum atomic E-state index is 12.1. The number of carbonyl (C=O) groups excluding carboxylic acids is 1. The zero-order valence-corrected chi connectivity index (χ0v) is 14.7. The van der Waals surface area contributed by atoms with E-state index in [-0.39, 0.29) is 17.5 Å². The lowest BCUT2D eigenvalue weighted by Gasteiger charge is -2.16. The predicted octanol–water partition coefficient (Wildman–Crippen LogP) is 4.00. The van der Waals surface area contributed by atoms with Crippen LogP contribution in [0.25, 0.3) is 0 Å². The van der Waals surface area contributed by atoms with Gasteiger partial charge in [-0.1, -0.05) is 41.9 Å². The van der Waals surface area contributed by atoms with E-state index in [0.29, 0.717) is 18.8 Å². The van der Waals surface area contributed by atoms with Crippen LogP contribution in [-0.2, 0) is 16.0 Å². The Labute approximate surface area is 139 Å². The van der Waals surface area contributed by atoms with Crippen molar-refractivity contribution in [3.63, 3.8) is 0 Å². The third kappa shape index (κ3) is 6.66. The third-order valence-corrected chi connectivity index (χ3v) is 4.29. The van der Waals surface area contributed by atoms with Crippen LogP contribution in [0.5, 0.6) is 0 Å². The van der Waals surface area contributed by atoms with Gasteiger partial charge in [-0.2, -0.15) is 12.6 Å². The largest absolute Gasteiger partial charge is 0.481 e. The van der Waals surface area contributed by atoms with Crippen molar-refractivity contribution in [2.24, 2.45) is 11.8 Å². The molecule has 2 unspecified atom stereocenters. The van der Waals surface area contributed by atoms with Gasteiger partial charge >= 0.3 is 5.97 Å². The van der Waals surface area contributed by atoms with E-state index in [2.05, 4.69) is 28.6 Å². The van der Waals surface area contributed by atoms with Crippen LogP contribution in [0.4, 0.5) is 0 Å². The summed E-state index contributed by atoms with van der Waals surface area (Å²) in [5, 5.41) is 8.94. The molecule has 1 rings (SSSR count). The smallest absolute Gasteiger partial charge is 0.307 e. The summed E-state index contributed by atoms with van der Waals surface area (Å²) < 4.78 is 0.946. The van der Waals surface area contributed by atoms with E-state index in [1.54, 1.807) is 0 Å². The number of carboxylic acids is 1. The van der Waals surface area contributed by atoms with Crippen LogP contribution < -0.4 is 0 Å². The molecular weight excluding hydrogens is 352 g/mol. The standard InChI is InChI=1S/C16H21BrO3S/c1-10(2)7-15(21)14(18)9-12(16(19)20)8-11-3-5-13(17)6-4-11/h3-6,10,12,15,21H,7-9H2,1-2H3,(H,19,20). The normalized spacial score (nSPS) is 14.0. The summed E-state index contributed by atoms with van der Waals surface area (Å²) in [4.78, 5) is 23.5. The van der Waals surface area contributed by atoms with Crippen molar-refractivity contribution in [2.45, 2.75) is 38.4 Å². The monoisotopic (exact) mass is 372 g/mol. The van der Waals surface area contributed by atoms with Gasteiger partial charge in [0.05, 0.1) is 11.2 Å². The first kappa shape index (κ1) is 18.2. The van der Waals surface area contributed by atoms with Gasteiger partial charge in [-0.15, -0.1) is 0 Å². The number of carbonyl (C=O) groups is 2. The molecule has 2 atom stereocenters. The number of aliphatic carboxylic acids is 1. The first-order chi connectivity index (χ1) is 9.79. The molecule has 21 heavy (non-hydrogen) atoms. The minimum atomic E-state index is -0.934. The van der Waals surface area contributed by atoms with Crippen LogP contribution in [0.2, 0.25) is 0 Å². The number of carboxylic acid groups (broad SMARTS) is 1. The highest BCUT2D eigenvalue weighted by Gasteiger charge is 2.25. The summed E-state index contributed by atoms with van der Waals surface area (Å²) in [6.07, 6.45) is 1.06. The molecule has 1 aromatic rings. The Hall–Kier alpha value is -0.810. The van der Waals surface area contributed by atoms with Crippen LogP contribution in [0.3, 0.4) is 0 Å². The van der Waals surface area contributed by atoms with E-state index < -0.39 is 11.9 Å². The van der Waals surface area contributed by atoms with Gasteiger partial charge in [0.25, 0.3) is 0 Å². The van der Waals surface area contributed by atoms with Gasteiger partial charge in [-0.05, 0) is 36.5 Å². The molecule has 0 aliphatic carbocycles. The van der Waals surface area contributed by atoms with Gasteiger partial charge in [0.15, 0.2) is 0 Å². The van der Waals surface area contributed by atoms with Crippen molar-refractivity contribution in [2.75, 3.05) is 0 Å². The molecule has 0 radical (unpaired) electrons. The number of hydrogen-bond acceptors (Lipinski definition) is 3. The Kier molecular flexibility index (Phi) is 7.46. The van der Waals surface area contributed by atoms with Crippen molar-refractivity contribution in [1.82, 2.24) is 0 Å². The van der Waals surface area contributed by atoms with Crippen LogP contribution in [0.1, 0.15) is 32.3 Å². The van der Waals surface area contributed by atoms with Crippen molar-refractivity contribution in [1.29, 1.82) is 0 Å². The molecule has 0 saturated heterocycles. The number of hydrogen-bond donors (Lipinski definition) is 2. The van der Waals surface area contributed by atoms with E-state index in [1.165, 1.54) is 0 Å². The lowest BCUT2D eigenvalue weighted by atomic mass is 9.92. The first-order valence-electron chi connectivity index (χ1n) is 6.97. The molecule has 116 valence electrons. The predicted molar refractivity (Wildman–Crippen MR) is 90.8 cm³/mol. The number of benzene rings is 1. The second-order valence-electron chi connectivity index (χ2n) is 5.68. The fourth-order valence-corrected chi connectivity index (χ4v) is 2.90. The summed E-state index contributed by atoms with van der Waals surface area (Å²) in [5.41, 5.74) is 0.915. The van der Waals surface area contributed by atoms with Crippen molar-refractivity contribution in [3.8, 4) is 0 Å². The Morgan fingerprint density at radius 1 is 1.24 bits per heavy atom. The minimum absolute atomic E-state index is 0.0340. The van der Waals surface area contributed by atoms with Crippen LogP contribution in [0.15, 0.2) is 28.7 Å². The summed E-state index contributed by atoms with van der Waals surface area (Å²) >= 11 is 7.64. The number of rotatable bonds is 8. The van der Waals surface area contributed by atoms with Gasteiger partial charge in [-0.25, -0.2) is 0 Å². The van der Waals surface area contributed by atoms with E-state index in [9.17, 15) is 14.7 Å². The number of Topliss-reactive ketones (excluding diaryl/α,β-unsaturated/α-hetero) is 1. The summed E-state index contributed by atoms with van der Waals surface area (Å²) in [5.74, 6) is -1.35. The quantitative estimate of drug-likeness (QED) is 0.678. The highest BCUT2D eigenvalue weighted by molar-refractivity contribution is 9.10. The SMILES string of the molecule is CC(C)CC(S)C(=O)CC(Cc1ccc(Br)cc1)C(=O)O. The van der Waals surface area contributed by atoms with Crippen molar-refractivity contribution < 1.29 is 14.7 Å². The molecule has 1 N–H and O–H groups in total. The molecule has 0 fully saturated rings. The maximum Gasteiger partial charge on any atom is 0.307 e. The van der Waals surface area contributed by atoms with Gasteiger partial charge < -0.3 is 5.11 Å². The molecule has 0 saturated carbocycles. The summed E-state index contributed by atoms with van der Waals surface area (Å²) in [7, 11) is 0. The lowest BCUT2D eigenvalue weighted by molar-refractivity contribution is -0.143. The van der Waals surface area contributed by atoms with Gasteiger partial charge in [-0.3, -0.25) is 9.59 Å². The molecule has 0 aromatic heterocycles. The summed E-state index contributed by atoms with van der Waals surface area (Å²) in [6, 6.07) is 7.49. The summed E-state index contributed by atoms with van der Waals surface area (Å²) in [6.45, 7) is 4.04. The zero-order chi connectivity index (χ0) is 16.0. The maximum absolute atomic E-state index is 12.1. The molecule has 0 aliphatic heterocycles. The molecule has 0 amide bonds. The number of thiol groups is 1. The number of ketones is 1. The van der Waals surface area contributed by atoms with Crippen molar-refractivity contribution in [3.05, 3.63) is 34.3 Å². The second kappa shape index (κ2) is 8.59. The molecule has 0 bridgehead atoms. The Morgan fingerprint density at radius 2 is 1.81 bits per heavy atom. The first-order valence-corrected chi connectivity index (χ1v) is 8.28. The van der Waals surface area contributed by atoms with Gasteiger partial charge in [0.1, 0.15) is 5.78 Å². The lowest BCUT2D eigenvalue weighted by Crippen LogP contribution is -2.25. The van der Waals surface area contributed by atoms with Crippen molar-refractivity contribution >= 4 is 40.3 Å². The Morgan fingerprint density at radius 3 is 2.29 bits per heavy atom. The Bertz CT molecular complexity index is 485. The Balaban J connectivity index is 2.67. The van der Waals surface area contributed by atoms with E-state index in [1.807, 2.05) is 38.1 Å². The molecule has 0 aliphatic rings. The zero-order valence-electron chi connectivity index (χ0n) is 12.3. The topological polar surface area (TPSA) is 54.4 Å². The minimum Gasteiger partial charge on any atom is -0.481 e. The average molecular weight is 373 g/mol. The van der Waals surface area contributed by atoms with Crippen LogP contribution >= 0.6 is 28.6 Å². The molecule has 5 heteroatoms. The number of halogens is 1. The molecule has 3 nitrogen and oxygen atoms in total. The van der Waals surface area contributed by atoms with Gasteiger partial charge in [0, 0.05) is 10.9 Å². The fourth-order valence-electron chi connectivity index (χ4n) is 2.11. The van der Waals surface area contributed by atoms with Gasteiger partial charge in [0.2, 0.25) is 0 Å². The molecular formula is C16H21BrO3S. The molecule has 0 spiro atoms. The second-order valence-corrected chi connectivity index (χ2v) is 7.22. The fraction of sp³-hybridized carbons (Fsp3) is 0.500. The van der Waals surface area contributed by atoms with E-state index in [4.69, 9.17) is 0 Å². The highest BCUT2D eigenvalue weighted by Crippen LogP contribution is 2.20. The highest BCUT2D eigenvalue weighted by atomic mass is 79.9. The van der Waals surface area contributed by atoms with E-state index in [0.717, 1.165) is 10.0 Å². The third-order valence-electron chi connectivity index (χ3n) is 3.26. The average Bonchev–Trinajstić information content (AvgIpc) is 2.39. The van der Waals surface area contributed by atoms with E-state index >= 15 is 0 Å². The molecule has 0 heterocycles. The van der Waals surface area contributed by atoms with Crippen LogP contribution in [0, 0.1) is 11.8 Å².